The van der Waals surface area contributed by atoms with Gasteiger partial charge in [-0.3, -0.25) is 14.5 Å². The first-order valence-electron chi connectivity index (χ1n) is 7.90. The molecule has 6 nitrogen and oxygen atoms in total. The third kappa shape index (κ3) is 5.54. The summed E-state index contributed by atoms with van der Waals surface area (Å²) in [5.74, 6) is -2.29. The number of nitrogens with zero attached hydrogens (tertiary/aromatic N) is 1. The van der Waals surface area contributed by atoms with E-state index in [9.17, 15) is 18.4 Å². The number of rotatable bonds is 6. The first-order chi connectivity index (χ1) is 11.5. The first-order valence-corrected chi connectivity index (χ1v) is 7.90. The van der Waals surface area contributed by atoms with E-state index >= 15 is 0 Å². The van der Waals surface area contributed by atoms with Crippen molar-refractivity contribution < 1.29 is 18.4 Å². The summed E-state index contributed by atoms with van der Waals surface area (Å²) in [6, 6.07) is 3.97. The summed E-state index contributed by atoms with van der Waals surface area (Å²) < 4.78 is 26.1. The molecule has 1 fully saturated rings. The zero-order valence-electron chi connectivity index (χ0n) is 13.4. The lowest BCUT2D eigenvalue weighted by atomic mass is 10.0. The van der Waals surface area contributed by atoms with Gasteiger partial charge in [0.25, 0.3) is 0 Å². The number of hydrogen-bond donors (Lipinski definition) is 3. The SMILES string of the molecule is NCC(=O)NCC(=O)NC1CCN(Cc2ccc(F)c(F)c2)CC1. The van der Waals surface area contributed by atoms with E-state index in [1.165, 1.54) is 6.07 Å². The van der Waals surface area contributed by atoms with Crippen LogP contribution >= 0.6 is 0 Å². The van der Waals surface area contributed by atoms with Gasteiger partial charge in [0.15, 0.2) is 11.6 Å². The lowest BCUT2D eigenvalue weighted by Crippen LogP contribution is -2.47. The summed E-state index contributed by atoms with van der Waals surface area (Å²) >= 11 is 0. The number of benzene rings is 1. The Kier molecular flexibility index (Phi) is 6.62. The maximum absolute atomic E-state index is 13.2. The Balaban J connectivity index is 1.72. The van der Waals surface area contributed by atoms with Gasteiger partial charge in [-0.15, -0.1) is 0 Å². The van der Waals surface area contributed by atoms with Crippen LogP contribution in [0.5, 0.6) is 0 Å². The average molecular weight is 340 g/mol. The van der Waals surface area contributed by atoms with Crippen molar-refractivity contribution in [3.8, 4) is 0 Å². The normalized spacial score (nSPS) is 16.0. The highest BCUT2D eigenvalue weighted by molar-refractivity contribution is 5.85. The second-order valence-electron chi connectivity index (χ2n) is 5.85. The summed E-state index contributed by atoms with van der Waals surface area (Å²) in [5.41, 5.74) is 5.87. The molecule has 1 aromatic rings. The van der Waals surface area contributed by atoms with Crippen molar-refractivity contribution in [2.45, 2.75) is 25.4 Å². The van der Waals surface area contributed by atoms with Gasteiger partial charge >= 0.3 is 0 Å². The number of nitrogens with two attached hydrogens (primary N) is 1. The number of hydrogen-bond acceptors (Lipinski definition) is 4. The zero-order valence-corrected chi connectivity index (χ0v) is 13.4. The highest BCUT2D eigenvalue weighted by Crippen LogP contribution is 2.15. The van der Waals surface area contributed by atoms with Crippen LogP contribution in [0.4, 0.5) is 8.78 Å². The molecule has 0 atom stereocenters. The van der Waals surface area contributed by atoms with Gasteiger partial charge in [-0.2, -0.15) is 0 Å². The Morgan fingerprint density at radius 1 is 1.17 bits per heavy atom. The van der Waals surface area contributed by atoms with Gasteiger partial charge in [-0.1, -0.05) is 6.07 Å². The van der Waals surface area contributed by atoms with Gasteiger partial charge < -0.3 is 16.4 Å². The van der Waals surface area contributed by atoms with Gasteiger partial charge in [0.2, 0.25) is 11.8 Å². The molecule has 1 saturated heterocycles. The number of nitrogens with one attached hydrogen (secondary N) is 2. The molecule has 1 aromatic carbocycles. The lowest BCUT2D eigenvalue weighted by molar-refractivity contribution is -0.125. The van der Waals surface area contributed by atoms with Crippen molar-refractivity contribution in [1.29, 1.82) is 0 Å². The molecule has 0 aliphatic carbocycles. The fraction of sp³-hybridized carbons (Fsp3) is 0.500. The van der Waals surface area contributed by atoms with Crippen molar-refractivity contribution >= 4 is 11.8 Å². The summed E-state index contributed by atoms with van der Waals surface area (Å²) in [6.07, 6.45) is 1.53. The van der Waals surface area contributed by atoms with Crippen molar-refractivity contribution in [2.24, 2.45) is 5.73 Å². The predicted octanol–water partition coefficient (Wildman–Crippen LogP) is 0.120. The van der Waals surface area contributed by atoms with Crippen LogP contribution in [0.2, 0.25) is 0 Å². The molecule has 0 radical (unpaired) electrons. The molecule has 4 N–H and O–H groups in total. The molecule has 0 bridgehead atoms. The second-order valence-corrected chi connectivity index (χ2v) is 5.85. The van der Waals surface area contributed by atoms with Crippen molar-refractivity contribution in [2.75, 3.05) is 26.2 Å². The van der Waals surface area contributed by atoms with Crippen LogP contribution in [0.25, 0.3) is 0 Å². The van der Waals surface area contributed by atoms with Gasteiger partial charge in [0, 0.05) is 25.7 Å². The van der Waals surface area contributed by atoms with Crippen LogP contribution in [-0.4, -0.2) is 48.9 Å². The Labute approximate surface area is 139 Å². The van der Waals surface area contributed by atoms with E-state index in [4.69, 9.17) is 5.73 Å². The molecular formula is C16H22F2N4O2. The fourth-order valence-corrected chi connectivity index (χ4v) is 2.66. The minimum Gasteiger partial charge on any atom is -0.352 e. The molecular weight excluding hydrogens is 318 g/mol. The first kappa shape index (κ1) is 18.3. The van der Waals surface area contributed by atoms with Gasteiger partial charge in [-0.05, 0) is 30.5 Å². The quantitative estimate of drug-likeness (QED) is 0.686. The van der Waals surface area contributed by atoms with E-state index in [1.54, 1.807) is 6.07 Å². The van der Waals surface area contributed by atoms with Crippen LogP contribution in [0.1, 0.15) is 18.4 Å². The molecule has 2 amide bonds. The molecule has 24 heavy (non-hydrogen) atoms. The molecule has 132 valence electrons. The number of carbonyl (C=O) groups is 2. The maximum atomic E-state index is 13.2. The van der Waals surface area contributed by atoms with Crippen molar-refractivity contribution in [1.82, 2.24) is 15.5 Å². The largest absolute Gasteiger partial charge is 0.352 e. The number of halogens is 2. The Hall–Kier alpha value is -2.06. The molecule has 2 rings (SSSR count). The summed E-state index contributed by atoms with van der Waals surface area (Å²) in [4.78, 5) is 24.8. The minimum atomic E-state index is -0.845. The van der Waals surface area contributed by atoms with E-state index < -0.39 is 11.6 Å². The van der Waals surface area contributed by atoms with E-state index in [1.807, 2.05) is 0 Å². The average Bonchev–Trinajstić information content (AvgIpc) is 2.58. The van der Waals surface area contributed by atoms with E-state index in [2.05, 4.69) is 15.5 Å². The van der Waals surface area contributed by atoms with Crippen LogP contribution in [0.3, 0.4) is 0 Å². The summed E-state index contributed by atoms with van der Waals surface area (Å²) in [6.45, 7) is 1.82. The predicted molar refractivity (Wildman–Crippen MR) is 84.9 cm³/mol. The molecule has 0 unspecified atom stereocenters. The standard InChI is InChI=1S/C16H22F2N4O2/c17-13-2-1-11(7-14(13)18)10-22-5-3-12(4-6-22)21-16(24)9-20-15(23)8-19/h1-2,7,12H,3-6,8-10,19H2,(H,20,23)(H,21,24). The third-order valence-electron chi connectivity index (χ3n) is 3.97. The summed E-state index contributed by atoms with van der Waals surface area (Å²) in [7, 11) is 0. The zero-order chi connectivity index (χ0) is 17.5. The molecule has 1 aliphatic rings. The van der Waals surface area contributed by atoms with E-state index in [0.717, 1.165) is 37.6 Å². The Morgan fingerprint density at radius 2 is 1.88 bits per heavy atom. The van der Waals surface area contributed by atoms with Gasteiger partial charge in [-0.25, -0.2) is 8.78 Å². The van der Waals surface area contributed by atoms with E-state index in [-0.39, 0.29) is 30.9 Å². The monoisotopic (exact) mass is 340 g/mol. The van der Waals surface area contributed by atoms with Crippen LogP contribution < -0.4 is 16.4 Å². The van der Waals surface area contributed by atoms with Crippen molar-refractivity contribution in [3.63, 3.8) is 0 Å². The number of likely N-dealkylation sites (tertiary alicyclic amines) is 1. The second kappa shape index (κ2) is 8.70. The molecule has 1 aliphatic heterocycles. The maximum Gasteiger partial charge on any atom is 0.239 e. The smallest absolute Gasteiger partial charge is 0.239 e. The number of carbonyl (C=O) groups excluding carboxylic acids is 2. The highest BCUT2D eigenvalue weighted by atomic mass is 19.2. The van der Waals surface area contributed by atoms with Gasteiger partial charge in [0.05, 0.1) is 13.1 Å². The van der Waals surface area contributed by atoms with E-state index in [0.29, 0.717) is 6.54 Å². The minimum absolute atomic E-state index is 0.0495. The number of piperidine rings is 1. The van der Waals surface area contributed by atoms with Crippen LogP contribution in [-0.2, 0) is 16.1 Å². The highest BCUT2D eigenvalue weighted by Gasteiger charge is 2.21. The third-order valence-corrected chi connectivity index (χ3v) is 3.97. The summed E-state index contributed by atoms with van der Waals surface area (Å²) in [5, 5.41) is 5.29. The lowest BCUT2D eigenvalue weighted by Gasteiger charge is -2.32. The molecule has 1 heterocycles. The van der Waals surface area contributed by atoms with Crippen molar-refractivity contribution in [3.05, 3.63) is 35.4 Å². The Bertz CT molecular complexity index is 589. The van der Waals surface area contributed by atoms with Gasteiger partial charge in [0.1, 0.15) is 0 Å². The fourth-order valence-electron chi connectivity index (χ4n) is 2.66. The molecule has 0 aromatic heterocycles. The molecule has 0 saturated carbocycles. The molecule has 8 heteroatoms. The van der Waals surface area contributed by atoms with Crippen LogP contribution in [0.15, 0.2) is 18.2 Å². The molecule has 0 spiro atoms. The number of amides is 2. The van der Waals surface area contributed by atoms with Crippen LogP contribution in [0, 0.1) is 11.6 Å². The topological polar surface area (TPSA) is 87.5 Å². The Morgan fingerprint density at radius 3 is 2.50 bits per heavy atom.